The van der Waals surface area contributed by atoms with Crippen LogP contribution in [-0.4, -0.2) is 44.3 Å². The third-order valence-corrected chi connectivity index (χ3v) is 7.09. The second-order valence-electron chi connectivity index (χ2n) is 7.89. The van der Waals surface area contributed by atoms with Crippen molar-refractivity contribution in [2.45, 2.75) is 42.9 Å². The van der Waals surface area contributed by atoms with Crippen LogP contribution in [0.2, 0.25) is 5.02 Å². The minimum absolute atomic E-state index is 0.0595. The van der Waals surface area contributed by atoms with Crippen molar-refractivity contribution < 1.29 is 17.9 Å². The van der Waals surface area contributed by atoms with Crippen LogP contribution in [0.4, 0.5) is 5.82 Å². The summed E-state index contributed by atoms with van der Waals surface area (Å²) in [6.07, 6.45) is 8.63. The molecule has 0 radical (unpaired) electrons. The van der Waals surface area contributed by atoms with Gasteiger partial charge >= 0.3 is 0 Å². The largest absolute Gasteiger partial charge is 0.372 e. The van der Waals surface area contributed by atoms with Crippen molar-refractivity contribution in [3.05, 3.63) is 46.9 Å². The minimum atomic E-state index is -3.41. The average molecular weight is 476 g/mol. The van der Waals surface area contributed by atoms with Gasteiger partial charge in [0.05, 0.1) is 22.3 Å². The molecule has 7 nitrogen and oxygen atoms in total. The summed E-state index contributed by atoms with van der Waals surface area (Å²) in [5, 5.41) is 2.98. The summed E-state index contributed by atoms with van der Waals surface area (Å²) in [6, 6.07) is 4.98. The highest BCUT2D eigenvalue weighted by Gasteiger charge is 2.29. The van der Waals surface area contributed by atoms with E-state index in [1.807, 2.05) is 0 Å². The fourth-order valence-corrected chi connectivity index (χ4v) is 5.35. The number of nitrogens with one attached hydrogen (secondary N) is 1. The summed E-state index contributed by atoms with van der Waals surface area (Å²) in [7, 11) is -1.85. The highest BCUT2D eigenvalue weighted by atomic mass is 35.5. The van der Waals surface area contributed by atoms with Crippen LogP contribution in [0.1, 0.15) is 49.3 Å². The zero-order valence-electron chi connectivity index (χ0n) is 18.1. The van der Waals surface area contributed by atoms with Gasteiger partial charge in [-0.2, -0.15) is 0 Å². The zero-order chi connectivity index (χ0) is 23.1. The Balaban J connectivity index is 1.74. The SMILES string of the molecule is COCC#Cc1cnc(NC(=O)CC(c2ccc(S(C)(=O)=O)c(Cl)c2)C2CCCC2)cn1. The van der Waals surface area contributed by atoms with E-state index < -0.39 is 9.84 Å². The van der Waals surface area contributed by atoms with Crippen LogP contribution < -0.4 is 5.32 Å². The van der Waals surface area contributed by atoms with Crippen molar-refractivity contribution in [2.24, 2.45) is 5.92 Å². The van der Waals surface area contributed by atoms with Gasteiger partial charge in [0.1, 0.15) is 12.3 Å². The zero-order valence-corrected chi connectivity index (χ0v) is 19.7. The molecule has 1 aliphatic carbocycles. The number of amides is 1. The van der Waals surface area contributed by atoms with Crippen LogP contribution in [0.5, 0.6) is 0 Å². The maximum absolute atomic E-state index is 12.8. The van der Waals surface area contributed by atoms with Crippen LogP contribution in [0.25, 0.3) is 0 Å². The van der Waals surface area contributed by atoms with Crippen LogP contribution in [-0.2, 0) is 19.4 Å². The number of nitrogens with zero attached hydrogens (tertiary/aromatic N) is 2. The number of benzene rings is 1. The summed E-state index contributed by atoms with van der Waals surface area (Å²) < 4.78 is 28.7. The number of carbonyl (C=O) groups excluding carboxylic acids is 1. The number of sulfone groups is 1. The van der Waals surface area contributed by atoms with E-state index in [0.717, 1.165) is 37.5 Å². The van der Waals surface area contributed by atoms with Crippen molar-refractivity contribution >= 4 is 33.2 Å². The quantitative estimate of drug-likeness (QED) is 0.611. The molecule has 1 N–H and O–H groups in total. The van der Waals surface area contributed by atoms with E-state index in [2.05, 4.69) is 27.1 Å². The molecule has 0 saturated heterocycles. The van der Waals surface area contributed by atoms with Gasteiger partial charge in [-0.05, 0) is 48.3 Å². The van der Waals surface area contributed by atoms with E-state index in [4.69, 9.17) is 16.3 Å². The smallest absolute Gasteiger partial charge is 0.226 e. The van der Waals surface area contributed by atoms with Gasteiger partial charge in [0, 0.05) is 19.8 Å². The molecule has 1 saturated carbocycles. The molecule has 0 bridgehead atoms. The van der Waals surface area contributed by atoms with Crippen LogP contribution >= 0.6 is 11.6 Å². The number of ether oxygens (including phenoxy) is 1. The Labute approximate surface area is 193 Å². The van der Waals surface area contributed by atoms with Gasteiger partial charge < -0.3 is 10.1 Å². The van der Waals surface area contributed by atoms with Gasteiger partial charge in [-0.1, -0.05) is 36.4 Å². The fourth-order valence-electron chi connectivity index (χ4n) is 4.01. The lowest BCUT2D eigenvalue weighted by Gasteiger charge is -2.24. The normalized spacial score (nSPS) is 15.1. The molecule has 1 atom stereocenters. The first-order valence-corrected chi connectivity index (χ1v) is 12.6. The van der Waals surface area contributed by atoms with E-state index >= 15 is 0 Å². The third kappa shape index (κ3) is 6.52. The lowest BCUT2D eigenvalue weighted by molar-refractivity contribution is -0.116. The van der Waals surface area contributed by atoms with Gasteiger partial charge in [-0.15, -0.1) is 0 Å². The molecule has 0 aliphatic heterocycles. The van der Waals surface area contributed by atoms with Crippen molar-refractivity contribution in [1.29, 1.82) is 0 Å². The maximum Gasteiger partial charge on any atom is 0.226 e. The molecule has 32 heavy (non-hydrogen) atoms. The van der Waals surface area contributed by atoms with Crippen LogP contribution in [0.15, 0.2) is 35.5 Å². The lowest BCUT2D eigenvalue weighted by Crippen LogP contribution is -2.20. The Morgan fingerprint density at radius 1 is 1.28 bits per heavy atom. The molecule has 1 unspecified atom stereocenters. The predicted molar refractivity (Wildman–Crippen MR) is 123 cm³/mol. The first-order valence-electron chi connectivity index (χ1n) is 10.4. The van der Waals surface area contributed by atoms with Gasteiger partial charge in [0.15, 0.2) is 15.7 Å². The molecule has 1 fully saturated rings. The van der Waals surface area contributed by atoms with Crippen LogP contribution in [0, 0.1) is 17.8 Å². The lowest BCUT2D eigenvalue weighted by atomic mass is 9.82. The van der Waals surface area contributed by atoms with Crippen molar-refractivity contribution in [3.63, 3.8) is 0 Å². The Hall–Kier alpha value is -2.47. The highest BCUT2D eigenvalue weighted by molar-refractivity contribution is 7.90. The Kier molecular flexibility index (Phi) is 8.24. The molecule has 170 valence electrons. The molecule has 2 aromatic rings. The molecule has 0 spiro atoms. The number of hydrogen-bond donors (Lipinski definition) is 1. The highest BCUT2D eigenvalue weighted by Crippen LogP contribution is 2.40. The van der Waals surface area contributed by atoms with E-state index in [1.165, 1.54) is 18.5 Å². The summed E-state index contributed by atoms with van der Waals surface area (Å²) >= 11 is 6.27. The molecule has 1 amide bonds. The number of aromatic nitrogens is 2. The molecule has 1 heterocycles. The third-order valence-electron chi connectivity index (χ3n) is 5.51. The van der Waals surface area contributed by atoms with Gasteiger partial charge in [-0.3, -0.25) is 4.79 Å². The van der Waals surface area contributed by atoms with Crippen molar-refractivity contribution in [1.82, 2.24) is 9.97 Å². The standard InChI is InChI=1S/C23H26ClN3O4S/c1-31-11-5-8-18-14-26-22(15-25-18)27-23(28)13-19(16-6-3-4-7-16)17-9-10-21(20(24)12-17)32(2,29)30/h9-10,12,14-16,19H,3-4,6-7,11,13H2,1-2H3,(H,26,27,28). The molecule has 1 aromatic carbocycles. The second-order valence-corrected chi connectivity index (χ2v) is 10.3. The second kappa shape index (κ2) is 10.9. The summed E-state index contributed by atoms with van der Waals surface area (Å²) in [5.41, 5.74) is 1.36. The number of hydrogen-bond acceptors (Lipinski definition) is 6. The van der Waals surface area contributed by atoms with E-state index in [-0.39, 0.29) is 28.2 Å². The average Bonchev–Trinajstić information content (AvgIpc) is 3.27. The minimum Gasteiger partial charge on any atom is -0.372 e. The molecule has 3 rings (SSSR count). The Morgan fingerprint density at radius 2 is 2.03 bits per heavy atom. The monoisotopic (exact) mass is 475 g/mol. The van der Waals surface area contributed by atoms with Gasteiger partial charge in [-0.25, -0.2) is 18.4 Å². The molecule has 9 heteroatoms. The van der Waals surface area contributed by atoms with Crippen molar-refractivity contribution in [2.75, 3.05) is 25.3 Å². The maximum atomic E-state index is 12.8. The number of carbonyl (C=O) groups is 1. The number of rotatable bonds is 7. The topological polar surface area (TPSA) is 98.2 Å². The van der Waals surface area contributed by atoms with E-state index in [9.17, 15) is 13.2 Å². The predicted octanol–water partition coefficient (Wildman–Crippen LogP) is 3.83. The number of methoxy groups -OCH3 is 1. The van der Waals surface area contributed by atoms with Crippen molar-refractivity contribution in [3.8, 4) is 11.8 Å². The van der Waals surface area contributed by atoms with E-state index in [0.29, 0.717) is 24.0 Å². The van der Waals surface area contributed by atoms with Crippen LogP contribution in [0.3, 0.4) is 0 Å². The Morgan fingerprint density at radius 3 is 2.62 bits per heavy atom. The first kappa shape index (κ1) is 24.2. The number of halogens is 1. The summed E-state index contributed by atoms with van der Waals surface area (Å²) in [6.45, 7) is 0.303. The fraction of sp³-hybridized carbons (Fsp3) is 0.435. The molecular formula is C23H26ClN3O4S. The summed E-state index contributed by atoms with van der Waals surface area (Å²) in [4.78, 5) is 21.3. The van der Waals surface area contributed by atoms with Gasteiger partial charge in [0.2, 0.25) is 5.91 Å². The molecular weight excluding hydrogens is 450 g/mol. The van der Waals surface area contributed by atoms with Gasteiger partial charge in [0.25, 0.3) is 0 Å². The van der Waals surface area contributed by atoms with E-state index in [1.54, 1.807) is 19.2 Å². The number of anilines is 1. The summed E-state index contributed by atoms with van der Waals surface area (Å²) in [5.74, 6) is 6.06. The Bertz CT molecular complexity index is 1120. The molecule has 1 aliphatic rings. The molecule has 1 aromatic heterocycles. The first-order chi connectivity index (χ1) is 15.3.